The summed E-state index contributed by atoms with van der Waals surface area (Å²) in [6.07, 6.45) is 0. The van der Waals surface area contributed by atoms with Crippen LogP contribution in [0.1, 0.15) is 10.4 Å². The Hall–Kier alpha value is -1.11. The van der Waals surface area contributed by atoms with Gasteiger partial charge in [0.15, 0.2) is 5.13 Å². The van der Waals surface area contributed by atoms with E-state index in [0.29, 0.717) is 14.8 Å². The smallest absolute Gasteiger partial charge is 0.335 e. The first-order valence-electron chi connectivity index (χ1n) is 4.47. The van der Waals surface area contributed by atoms with Crippen LogP contribution in [0.5, 0.6) is 0 Å². The first-order chi connectivity index (χ1) is 8.06. The van der Waals surface area contributed by atoms with Crippen LogP contribution in [0.3, 0.4) is 0 Å². The molecule has 17 heavy (non-hydrogen) atoms. The van der Waals surface area contributed by atoms with Gasteiger partial charge in [-0.2, -0.15) is 0 Å². The number of benzene rings is 1. The molecule has 0 fully saturated rings. The van der Waals surface area contributed by atoms with Crippen molar-refractivity contribution in [3.63, 3.8) is 0 Å². The molecule has 7 heteroatoms. The molecule has 0 amide bonds. The number of carbonyl (C=O) groups is 1. The third-order valence-electron chi connectivity index (χ3n) is 1.93. The zero-order valence-electron chi connectivity index (χ0n) is 8.28. The van der Waals surface area contributed by atoms with Crippen LogP contribution in [0.15, 0.2) is 28.1 Å². The highest BCUT2D eigenvalue weighted by atomic mass is 79.9. The highest BCUT2D eigenvalue weighted by Crippen LogP contribution is 2.29. The Balaban J connectivity index is 2.25. The molecule has 1 aromatic carbocycles. The number of halogens is 2. The number of aromatic nitrogens is 1. The first-order valence-corrected chi connectivity index (χ1v) is 6.52. The SMILES string of the molecule is O=C(O)c1ccc(Nc2nc(Cl)cs2)c(Br)c1. The molecule has 2 rings (SSSR count). The summed E-state index contributed by atoms with van der Waals surface area (Å²) in [4.78, 5) is 14.8. The molecule has 0 spiro atoms. The second kappa shape index (κ2) is 5.03. The quantitative estimate of drug-likeness (QED) is 0.891. The van der Waals surface area contributed by atoms with Crippen LogP contribution < -0.4 is 5.32 Å². The predicted molar refractivity (Wildman–Crippen MR) is 71.5 cm³/mol. The minimum absolute atomic E-state index is 0.222. The molecule has 0 aliphatic carbocycles. The van der Waals surface area contributed by atoms with Gasteiger partial charge in [0.05, 0.1) is 11.3 Å². The summed E-state index contributed by atoms with van der Waals surface area (Å²) < 4.78 is 0.656. The van der Waals surface area contributed by atoms with Crippen LogP contribution >= 0.6 is 38.9 Å². The number of anilines is 2. The van der Waals surface area contributed by atoms with Gasteiger partial charge in [-0.1, -0.05) is 11.6 Å². The van der Waals surface area contributed by atoms with E-state index in [2.05, 4.69) is 26.2 Å². The number of hydrogen-bond acceptors (Lipinski definition) is 4. The van der Waals surface area contributed by atoms with E-state index in [9.17, 15) is 4.79 Å². The molecule has 2 N–H and O–H groups in total. The molecule has 0 unspecified atom stereocenters. The summed E-state index contributed by atoms with van der Waals surface area (Å²) in [5.41, 5.74) is 0.959. The van der Waals surface area contributed by atoms with Gasteiger partial charge in [-0.3, -0.25) is 0 Å². The van der Waals surface area contributed by atoms with E-state index in [4.69, 9.17) is 16.7 Å². The lowest BCUT2D eigenvalue weighted by Crippen LogP contribution is -1.97. The van der Waals surface area contributed by atoms with Crippen molar-refractivity contribution in [2.75, 3.05) is 5.32 Å². The molecule has 0 atom stereocenters. The van der Waals surface area contributed by atoms with Gasteiger partial charge < -0.3 is 10.4 Å². The van der Waals surface area contributed by atoms with E-state index in [0.717, 1.165) is 5.69 Å². The highest BCUT2D eigenvalue weighted by molar-refractivity contribution is 9.10. The lowest BCUT2D eigenvalue weighted by Gasteiger charge is -2.06. The number of rotatable bonds is 3. The van der Waals surface area contributed by atoms with Crippen molar-refractivity contribution in [3.8, 4) is 0 Å². The molecule has 2 aromatic rings. The molecule has 0 aliphatic rings. The minimum atomic E-state index is -0.963. The van der Waals surface area contributed by atoms with Gasteiger partial charge in [0.1, 0.15) is 5.15 Å². The average Bonchev–Trinajstić information content (AvgIpc) is 2.67. The van der Waals surface area contributed by atoms with Crippen LogP contribution in [-0.2, 0) is 0 Å². The minimum Gasteiger partial charge on any atom is -0.478 e. The monoisotopic (exact) mass is 332 g/mol. The standard InChI is InChI=1S/C10H6BrClN2O2S/c11-6-3-5(9(15)16)1-2-7(6)13-10-14-8(12)4-17-10/h1-4H,(H,13,14)(H,15,16). The highest BCUT2D eigenvalue weighted by Gasteiger charge is 2.08. The fourth-order valence-corrected chi connectivity index (χ4v) is 2.50. The van der Waals surface area contributed by atoms with Crippen molar-refractivity contribution >= 4 is 55.7 Å². The molecule has 4 nitrogen and oxygen atoms in total. The number of carboxylic acids is 1. The molecule has 0 saturated carbocycles. The zero-order chi connectivity index (χ0) is 12.4. The summed E-state index contributed by atoms with van der Waals surface area (Å²) >= 11 is 10.4. The van der Waals surface area contributed by atoms with E-state index < -0.39 is 5.97 Å². The van der Waals surface area contributed by atoms with E-state index in [-0.39, 0.29) is 5.56 Å². The van der Waals surface area contributed by atoms with Gasteiger partial charge in [-0.15, -0.1) is 11.3 Å². The van der Waals surface area contributed by atoms with E-state index >= 15 is 0 Å². The molecule has 88 valence electrons. The Morgan fingerprint density at radius 3 is 2.82 bits per heavy atom. The fraction of sp³-hybridized carbons (Fsp3) is 0. The Morgan fingerprint density at radius 1 is 1.53 bits per heavy atom. The third kappa shape index (κ3) is 2.96. The number of hydrogen-bond donors (Lipinski definition) is 2. The second-order valence-electron chi connectivity index (χ2n) is 3.10. The summed E-state index contributed by atoms with van der Waals surface area (Å²) in [6, 6.07) is 4.72. The molecule has 1 heterocycles. The lowest BCUT2D eigenvalue weighted by molar-refractivity contribution is 0.0697. The van der Waals surface area contributed by atoms with Gasteiger partial charge in [0.2, 0.25) is 0 Å². The normalized spacial score (nSPS) is 10.2. The van der Waals surface area contributed by atoms with Crippen molar-refractivity contribution in [1.82, 2.24) is 4.98 Å². The third-order valence-corrected chi connectivity index (χ3v) is 3.67. The number of aromatic carboxylic acids is 1. The maximum absolute atomic E-state index is 10.8. The summed E-state index contributed by atoms with van der Waals surface area (Å²) in [7, 11) is 0. The van der Waals surface area contributed by atoms with Crippen LogP contribution in [0.4, 0.5) is 10.8 Å². The molecule has 0 aliphatic heterocycles. The Morgan fingerprint density at radius 2 is 2.29 bits per heavy atom. The number of nitrogens with one attached hydrogen (secondary N) is 1. The Kier molecular flexibility index (Phi) is 3.66. The van der Waals surface area contributed by atoms with Crippen LogP contribution in [0.25, 0.3) is 0 Å². The maximum Gasteiger partial charge on any atom is 0.335 e. The van der Waals surface area contributed by atoms with E-state index in [1.165, 1.54) is 23.5 Å². The molecule has 0 bridgehead atoms. The lowest BCUT2D eigenvalue weighted by atomic mass is 10.2. The van der Waals surface area contributed by atoms with Gasteiger partial charge in [-0.25, -0.2) is 9.78 Å². The van der Waals surface area contributed by atoms with Crippen molar-refractivity contribution in [3.05, 3.63) is 38.8 Å². The summed E-state index contributed by atoms with van der Waals surface area (Å²) in [5.74, 6) is -0.963. The molecular formula is C10H6BrClN2O2S. The van der Waals surface area contributed by atoms with Crippen molar-refractivity contribution < 1.29 is 9.90 Å². The molecule has 0 saturated heterocycles. The van der Waals surface area contributed by atoms with Crippen molar-refractivity contribution in [2.24, 2.45) is 0 Å². The predicted octanol–water partition coefficient (Wildman–Crippen LogP) is 4.00. The van der Waals surface area contributed by atoms with Crippen LogP contribution in [0, 0.1) is 0 Å². The molecule has 1 aromatic heterocycles. The molecule has 0 radical (unpaired) electrons. The Bertz CT molecular complexity index is 573. The van der Waals surface area contributed by atoms with Crippen LogP contribution in [-0.4, -0.2) is 16.1 Å². The topological polar surface area (TPSA) is 62.2 Å². The Labute approximate surface area is 114 Å². The van der Waals surface area contributed by atoms with Gasteiger partial charge in [0.25, 0.3) is 0 Å². The van der Waals surface area contributed by atoms with Crippen molar-refractivity contribution in [2.45, 2.75) is 0 Å². The maximum atomic E-state index is 10.8. The van der Waals surface area contributed by atoms with Gasteiger partial charge >= 0.3 is 5.97 Å². The van der Waals surface area contributed by atoms with Crippen LogP contribution in [0.2, 0.25) is 5.15 Å². The van der Waals surface area contributed by atoms with Gasteiger partial charge in [0, 0.05) is 9.85 Å². The number of thiazole rings is 1. The summed E-state index contributed by atoms with van der Waals surface area (Å²) in [5, 5.41) is 14.7. The largest absolute Gasteiger partial charge is 0.478 e. The molecular weight excluding hydrogens is 328 g/mol. The average molecular weight is 334 g/mol. The van der Waals surface area contributed by atoms with E-state index in [1.807, 2.05) is 0 Å². The van der Waals surface area contributed by atoms with E-state index in [1.54, 1.807) is 11.4 Å². The zero-order valence-corrected chi connectivity index (χ0v) is 11.4. The number of carboxylic acid groups (broad SMARTS) is 1. The first kappa shape index (κ1) is 12.3. The fourth-order valence-electron chi connectivity index (χ4n) is 1.18. The van der Waals surface area contributed by atoms with Gasteiger partial charge in [-0.05, 0) is 34.1 Å². The van der Waals surface area contributed by atoms with Crippen molar-refractivity contribution in [1.29, 1.82) is 0 Å². The number of nitrogens with zero attached hydrogens (tertiary/aromatic N) is 1. The second-order valence-corrected chi connectivity index (χ2v) is 5.20. The summed E-state index contributed by atoms with van der Waals surface area (Å²) in [6.45, 7) is 0.